The minimum Gasteiger partial charge on any atom is -0.460 e. The van der Waals surface area contributed by atoms with Crippen LogP contribution in [0.15, 0.2) is 35.7 Å². The second-order valence-electron chi connectivity index (χ2n) is 16.2. The average molecular weight is 807 g/mol. The second-order valence-corrected chi connectivity index (χ2v) is 18.5. The Morgan fingerprint density at radius 3 is 2.73 bits per heavy atom. The number of carbonyl (C=O) groups excluding carboxylic acids is 2. The van der Waals surface area contributed by atoms with Gasteiger partial charge in [-0.3, -0.25) is 4.79 Å². The molecule has 3 aromatic heterocycles. The van der Waals surface area contributed by atoms with Gasteiger partial charge >= 0.3 is 5.97 Å². The highest BCUT2D eigenvalue weighted by Gasteiger charge is 2.46. The van der Waals surface area contributed by atoms with Gasteiger partial charge in [0.25, 0.3) is 0 Å². The molecule has 56 heavy (non-hydrogen) atoms. The SMILES string of the molecule is Cc1ccc([C@](O)(C(=O)OC2CCC(N(C)CCCn3nnc4cc(CNC[C@H](O)C5CCC(O)C6NC(=O)CCC65)c5c(c43)COC5)CC2)c2cccs2)s1. The van der Waals surface area contributed by atoms with Crippen molar-refractivity contribution in [1.82, 2.24) is 30.5 Å². The fourth-order valence-corrected chi connectivity index (χ4v) is 11.5. The van der Waals surface area contributed by atoms with E-state index in [1.165, 1.54) is 22.7 Å². The maximum absolute atomic E-state index is 13.6. The van der Waals surface area contributed by atoms with Crippen molar-refractivity contribution in [3.63, 3.8) is 0 Å². The minimum absolute atomic E-state index is 0.0170. The normalized spacial score (nSPS) is 26.8. The molecule has 0 radical (unpaired) electrons. The van der Waals surface area contributed by atoms with Gasteiger partial charge in [0.1, 0.15) is 11.6 Å². The Hall–Kier alpha value is -3.28. The molecule has 2 aliphatic carbocycles. The number of fused-ring (bicyclic) bond motifs is 4. The van der Waals surface area contributed by atoms with Gasteiger partial charge in [-0.25, -0.2) is 9.48 Å². The van der Waals surface area contributed by atoms with Crippen molar-refractivity contribution in [2.75, 3.05) is 20.1 Å². The van der Waals surface area contributed by atoms with Crippen molar-refractivity contribution >= 4 is 45.6 Å². The summed E-state index contributed by atoms with van der Waals surface area (Å²) in [5.41, 5.74) is 3.47. The third-order valence-electron chi connectivity index (χ3n) is 12.7. The van der Waals surface area contributed by atoms with E-state index in [4.69, 9.17) is 9.47 Å². The van der Waals surface area contributed by atoms with E-state index in [-0.39, 0.29) is 29.9 Å². The number of carbonyl (C=O) groups is 2. The molecule has 8 rings (SSSR count). The van der Waals surface area contributed by atoms with E-state index in [1.807, 2.05) is 35.2 Å². The first-order chi connectivity index (χ1) is 27.1. The number of nitrogens with zero attached hydrogens (tertiary/aromatic N) is 4. The van der Waals surface area contributed by atoms with E-state index in [0.29, 0.717) is 61.4 Å². The number of aromatic nitrogens is 3. The van der Waals surface area contributed by atoms with Gasteiger partial charge in [-0.05, 0) is 124 Å². The molecule has 1 saturated heterocycles. The molecule has 6 atom stereocenters. The van der Waals surface area contributed by atoms with Crippen molar-refractivity contribution in [3.05, 3.63) is 67.0 Å². The first-order valence-corrected chi connectivity index (χ1v) is 21.8. The number of aliphatic hydroxyl groups is 3. The van der Waals surface area contributed by atoms with Gasteiger partial charge in [-0.15, -0.1) is 27.8 Å². The third-order valence-corrected chi connectivity index (χ3v) is 14.8. The lowest BCUT2D eigenvalue weighted by Gasteiger charge is -2.45. The van der Waals surface area contributed by atoms with Gasteiger partial charge in [0.15, 0.2) is 0 Å². The van der Waals surface area contributed by atoms with Gasteiger partial charge < -0.3 is 40.3 Å². The van der Waals surface area contributed by atoms with Crippen LogP contribution in [0.4, 0.5) is 0 Å². The maximum Gasteiger partial charge on any atom is 0.349 e. The maximum atomic E-state index is 13.6. The summed E-state index contributed by atoms with van der Waals surface area (Å²) in [4.78, 5) is 30.1. The molecular weight excluding hydrogens is 753 g/mol. The van der Waals surface area contributed by atoms with Crippen molar-refractivity contribution in [2.24, 2.45) is 11.8 Å². The third kappa shape index (κ3) is 7.93. The lowest BCUT2D eigenvalue weighted by atomic mass is 9.68. The summed E-state index contributed by atoms with van der Waals surface area (Å²) < 4.78 is 14.0. The standard InChI is InChI=1S/C41H54N6O7S2/c1-24-6-14-36(56-24)41(52,35-5-3-18-55-35)40(51)54-27-9-7-26(8-10-27)46(2)16-4-17-47-39-31-23-53-22-30(31)25(19-32(39)44-45-47)20-42-21-34(49)28-11-13-33(48)38-29(28)12-15-37(50)43-38/h3,5-6,14,18-19,26-29,33-34,38,42,48-49,52H,4,7-13,15-17,20-23H2,1-2H3,(H,43,50)/t26?,27?,28?,29?,33?,34-,38?,41-/m0/s1. The second kappa shape index (κ2) is 16.9. The molecule has 4 unspecified atom stereocenters. The molecule has 0 bridgehead atoms. The molecule has 3 fully saturated rings. The van der Waals surface area contributed by atoms with Crippen molar-refractivity contribution in [1.29, 1.82) is 0 Å². The Bertz CT molecular complexity index is 1990. The zero-order chi connectivity index (χ0) is 39.0. The van der Waals surface area contributed by atoms with Gasteiger partial charge in [0.05, 0.1) is 46.7 Å². The number of amides is 1. The zero-order valence-corrected chi connectivity index (χ0v) is 33.8. The summed E-state index contributed by atoms with van der Waals surface area (Å²) in [6.45, 7) is 5.62. The van der Waals surface area contributed by atoms with Gasteiger partial charge in [0.2, 0.25) is 11.5 Å². The summed E-state index contributed by atoms with van der Waals surface area (Å²) in [7, 11) is 2.16. The Morgan fingerprint density at radius 1 is 1.14 bits per heavy atom. The number of aryl methyl sites for hydroxylation is 2. The van der Waals surface area contributed by atoms with E-state index in [9.17, 15) is 24.9 Å². The Balaban J connectivity index is 0.821. The molecule has 0 spiro atoms. The summed E-state index contributed by atoms with van der Waals surface area (Å²) in [6, 6.07) is 9.58. The van der Waals surface area contributed by atoms with Crippen LogP contribution in [0.3, 0.4) is 0 Å². The highest BCUT2D eigenvalue weighted by molar-refractivity contribution is 7.13. The highest BCUT2D eigenvalue weighted by Crippen LogP contribution is 2.40. The largest absolute Gasteiger partial charge is 0.460 e. The number of hydrogen-bond acceptors (Lipinski definition) is 13. The molecule has 5 heterocycles. The molecule has 2 aliphatic heterocycles. The number of thiophene rings is 2. The number of rotatable bonds is 14. The van der Waals surface area contributed by atoms with E-state index in [0.717, 1.165) is 84.2 Å². The van der Waals surface area contributed by atoms with Crippen LogP contribution in [0.2, 0.25) is 0 Å². The molecule has 13 nitrogen and oxygen atoms in total. The number of piperidine rings is 1. The molecule has 4 aliphatic rings. The van der Waals surface area contributed by atoms with Crippen molar-refractivity contribution < 1.29 is 34.4 Å². The van der Waals surface area contributed by atoms with Gasteiger partial charge in [-0.2, -0.15) is 0 Å². The van der Waals surface area contributed by atoms with E-state index in [1.54, 1.807) is 6.07 Å². The van der Waals surface area contributed by atoms with Crippen molar-refractivity contribution in [3.8, 4) is 0 Å². The number of hydrogen-bond donors (Lipinski definition) is 5. The van der Waals surface area contributed by atoms with Gasteiger partial charge in [-0.1, -0.05) is 11.3 Å². The Kier molecular flexibility index (Phi) is 11.9. The minimum atomic E-state index is -1.79. The van der Waals surface area contributed by atoms with Crippen LogP contribution in [0, 0.1) is 18.8 Å². The molecule has 2 saturated carbocycles. The fourth-order valence-electron chi connectivity index (χ4n) is 9.60. The van der Waals surface area contributed by atoms with E-state index < -0.39 is 23.8 Å². The number of esters is 1. The predicted octanol–water partition coefficient (Wildman–Crippen LogP) is 4.12. The average Bonchev–Trinajstić information content (AvgIpc) is 4.03. The lowest BCUT2D eigenvalue weighted by molar-refractivity contribution is -0.169. The zero-order valence-electron chi connectivity index (χ0n) is 32.2. The quantitative estimate of drug-likeness (QED) is 0.116. The number of benzene rings is 1. The molecule has 1 aromatic carbocycles. The van der Waals surface area contributed by atoms with Crippen LogP contribution in [0.1, 0.15) is 89.1 Å². The Morgan fingerprint density at radius 2 is 1.96 bits per heavy atom. The molecule has 302 valence electrons. The number of nitrogens with one attached hydrogen (secondary N) is 2. The first-order valence-electron chi connectivity index (χ1n) is 20.2. The fraction of sp³-hybridized carbons (Fsp3) is 0.610. The highest BCUT2D eigenvalue weighted by atomic mass is 32.1. The summed E-state index contributed by atoms with van der Waals surface area (Å²) in [6.07, 6.45) is 5.35. The first kappa shape index (κ1) is 39.5. The van der Waals surface area contributed by atoms with E-state index >= 15 is 0 Å². The van der Waals surface area contributed by atoms with Crippen LogP contribution in [0.5, 0.6) is 0 Å². The monoisotopic (exact) mass is 806 g/mol. The lowest BCUT2D eigenvalue weighted by Crippen LogP contribution is -2.58. The van der Waals surface area contributed by atoms with Crippen LogP contribution < -0.4 is 10.6 Å². The van der Waals surface area contributed by atoms with E-state index in [2.05, 4.69) is 39.0 Å². The molecular formula is C41H54N6O7S2. The summed E-state index contributed by atoms with van der Waals surface area (Å²) >= 11 is 2.78. The molecule has 1 amide bonds. The van der Waals surface area contributed by atoms with Crippen molar-refractivity contribution in [2.45, 2.75) is 127 Å². The van der Waals surface area contributed by atoms with Crippen LogP contribution in [-0.4, -0.2) is 97.6 Å². The predicted molar refractivity (Wildman–Crippen MR) is 213 cm³/mol. The molecule has 5 N–H and O–H groups in total. The summed E-state index contributed by atoms with van der Waals surface area (Å²) in [5, 5.41) is 50.9. The summed E-state index contributed by atoms with van der Waals surface area (Å²) in [5.74, 6) is -0.505. The number of aliphatic hydroxyl groups excluding tert-OH is 2. The van der Waals surface area contributed by atoms with Gasteiger partial charge in [0, 0.05) is 42.5 Å². The topological polar surface area (TPSA) is 171 Å². The number of ether oxygens (including phenoxy) is 2. The smallest absolute Gasteiger partial charge is 0.349 e. The molecule has 15 heteroatoms. The van der Waals surface area contributed by atoms with Crippen LogP contribution in [-0.2, 0) is 51.0 Å². The Labute approximate surface area is 335 Å². The molecule has 4 aromatic rings. The van der Waals surface area contributed by atoms with Crippen LogP contribution in [0.25, 0.3) is 11.0 Å². The van der Waals surface area contributed by atoms with Crippen LogP contribution >= 0.6 is 22.7 Å².